The third kappa shape index (κ3) is 3.01. The van der Waals surface area contributed by atoms with Crippen molar-refractivity contribution >= 4 is 17.5 Å². The Kier molecular flexibility index (Phi) is 3.92. The summed E-state index contributed by atoms with van der Waals surface area (Å²) in [6.07, 6.45) is 0.586. The van der Waals surface area contributed by atoms with E-state index >= 15 is 0 Å². The monoisotopic (exact) mass is 212 g/mol. The Labute approximate surface area is 88.2 Å². The van der Waals surface area contributed by atoms with Gasteiger partial charge in [-0.15, -0.1) is 0 Å². The SMILES string of the molecule is CN[C@H](Cc1ccc(Cl)cc1)C(N)=O. The molecule has 76 valence electrons. The molecule has 0 saturated heterocycles. The summed E-state index contributed by atoms with van der Waals surface area (Å²) in [5.74, 6) is -0.345. The highest BCUT2D eigenvalue weighted by atomic mass is 35.5. The summed E-state index contributed by atoms with van der Waals surface area (Å²) in [5.41, 5.74) is 6.23. The Bertz CT molecular complexity index is 310. The predicted octanol–water partition coefficient (Wildman–Crippen LogP) is 0.956. The number of hydrogen-bond acceptors (Lipinski definition) is 2. The lowest BCUT2D eigenvalue weighted by Gasteiger charge is -2.11. The minimum atomic E-state index is -0.345. The lowest BCUT2D eigenvalue weighted by Crippen LogP contribution is -2.40. The molecule has 1 aromatic carbocycles. The molecule has 0 heterocycles. The van der Waals surface area contributed by atoms with Crippen LogP contribution in [0.2, 0.25) is 5.02 Å². The smallest absolute Gasteiger partial charge is 0.234 e. The van der Waals surface area contributed by atoms with E-state index in [1.54, 1.807) is 19.2 Å². The molecule has 4 heteroatoms. The van der Waals surface area contributed by atoms with Crippen molar-refractivity contribution in [3.05, 3.63) is 34.9 Å². The van der Waals surface area contributed by atoms with Crippen LogP contribution in [-0.2, 0) is 11.2 Å². The minimum Gasteiger partial charge on any atom is -0.368 e. The summed E-state index contributed by atoms with van der Waals surface area (Å²) in [5, 5.41) is 3.55. The molecule has 3 nitrogen and oxygen atoms in total. The van der Waals surface area contributed by atoms with E-state index in [4.69, 9.17) is 17.3 Å². The topological polar surface area (TPSA) is 55.1 Å². The number of rotatable bonds is 4. The number of likely N-dealkylation sites (N-methyl/N-ethyl adjacent to an activating group) is 1. The van der Waals surface area contributed by atoms with Crippen LogP contribution < -0.4 is 11.1 Å². The third-order valence-corrected chi connectivity index (χ3v) is 2.30. The van der Waals surface area contributed by atoms with Crippen LogP contribution in [-0.4, -0.2) is 19.0 Å². The molecule has 0 saturated carbocycles. The number of primary amides is 1. The molecule has 0 aromatic heterocycles. The van der Waals surface area contributed by atoms with Crippen molar-refractivity contribution in [2.45, 2.75) is 12.5 Å². The van der Waals surface area contributed by atoms with Gasteiger partial charge in [0.2, 0.25) is 5.91 Å². The van der Waals surface area contributed by atoms with E-state index in [0.717, 1.165) is 5.56 Å². The second-order valence-corrected chi connectivity index (χ2v) is 3.51. The molecule has 0 aliphatic rings. The van der Waals surface area contributed by atoms with Crippen LogP contribution >= 0.6 is 11.6 Å². The van der Waals surface area contributed by atoms with Crippen molar-refractivity contribution in [1.82, 2.24) is 5.32 Å². The molecule has 14 heavy (non-hydrogen) atoms. The molecule has 0 aliphatic carbocycles. The van der Waals surface area contributed by atoms with Gasteiger partial charge in [-0.3, -0.25) is 4.79 Å². The molecule has 1 atom stereocenters. The van der Waals surface area contributed by atoms with Gasteiger partial charge in [-0.2, -0.15) is 0 Å². The molecule has 1 aromatic rings. The summed E-state index contributed by atoms with van der Waals surface area (Å²) in [4.78, 5) is 10.9. The lowest BCUT2D eigenvalue weighted by molar-refractivity contribution is -0.119. The Morgan fingerprint density at radius 2 is 2.07 bits per heavy atom. The zero-order valence-electron chi connectivity index (χ0n) is 7.96. The molecular formula is C10H13ClN2O. The molecular weight excluding hydrogens is 200 g/mol. The lowest BCUT2D eigenvalue weighted by atomic mass is 10.1. The molecule has 0 unspecified atom stereocenters. The normalized spacial score (nSPS) is 12.4. The highest BCUT2D eigenvalue weighted by Gasteiger charge is 2.12. The van der Waals surface area contributed by atoms with Crippen LogP contribution in [0.15, 0.2) is 24.3 Å². The van der Waals surface area contributed by atoms with E-state index in [1.165, 1.54) is 0 Å². The number of hydrogen-bond donors (Lipinski definition) is 2. The van der Waals surface area contributed by atoms with Crippen LogP contribution in [0.4, 0.5) is 0 Å². The van der Waals surface area contributed by atoms with Gasteiger partial charge in [0.1, 0.15) is 0 Å². The average molecular weight is 213 g/mol. The largest absolute Gasteiger partial charge is 0.368 e. The first-order valence-corrected chi connectivity index (χ1v) is 4.72. The second kappa shape index (κ2) is 4.98. The van der Waals surface area contributed by atoms with Crippen molar-refractivity contribution in [3.8, 4) is 0 Å². The van der Waals surface area contributed by atoms with Crippen LogP contribution in [0.5, 0.6) is 0 Å². The first-order chi connectivity index (χ1) is 6.63. The number of nitrogens with one attached hydrogen (secondary N) is 1. The van der Waals surface area contributed by atoms with Crippen LogP contribution in [0.1, 0.15) is 5.56 Å². The molecule has 0 radical (unpaired) electrons. The fraction of sp³-hybridized carbons (Fsp3) is 0.300. The second-order valence-electron chi connectivity index (χ2n) is 3.07. The third-order valence-electron chi connectivity index (χ3n) is 2.04. The predicted molar refractivity (Wildman–Crippen MR) is 57.2 cm³/mol. The summed E-state index contributed by atoms with van der Waals surface area (Å²) in [7, 11) is 1.71. The fourth-order valence-corrected chi connectivity index (χ4v) is 1.33. The van der Waals surface area contributed by atoms with E-state index in [9.17, 15) is 4.79 Å². The summed E-state index contributed by atoms with van der Waals surface area (Å²) < 4.78 is 0. The van der Waals surface area contributed by atoms with E-state index in [-0.39, 0.29) is 11.9 Å². The Hall–Kier alpha value is -1.06. The molecule has 1 amide bonds. The summed E-state index contributed by atoms with van der Waals surface area (Å²) in [6, 6.07) is 7.04. The summed E-state index contributed by atoms with van der Waals surface area (Å²) >= 11 is 5.74. The van der Waals surface area contributed by atoms with Crippen LogP contribution in [0, 0.1) is 0 Å². The quantitative estimate of drug-likeness (QED) is 0.781. The van der Waals surface area contributed by atoms with Gasteiger partial charge in [0.05, 0.1) is 6.04 Å². The minimum absolute atomic E-state index is 0.323. The number of carbonyl (C=O) groups is 1. The standard InChI is InChI=1S/C10H13ClN2O/c1-13-9(10(12)14)6-7-2-4-8(11)5-3-7/h2-5,9,13H,6H2,1H3,(H2,12,14)/t9-/m1/s1. The number of amides is 1. The first-order valence-electron chi connectivity index (χ1n) is 4.34. The Morgan fingerprint density at radius 1 is 1.50 bits per heavy atom. The van der Waals surface area contributed by atoms with E-state index < -0.39 is 0 Å². The van der Waals surface area contributed by atoms with Crippen molar-refractivity contribution in [2.75, 3.05) is 7.05 Å². The van der Waals surface area contributed by atoms with Gasteiger partial charge in [-0.1, -0.05) is 23.7 Å². The zero-order chi connectivity index (χ0) is 10.6. The van der Waals surface area contributed by atoms with Crippen molar-refractivity contribution in [3.63, 3.8) is 0 Å². The molecule has 0 aliphatic heterocycles. The molecule has 0 fully saturated rings. The van der Waals surface area contributed by atoms with Gasteiger partial charge in [0.25, 0.3) is 0 Å². The molecule has 1 rings (SSSR count). The molecule has 0 bridgehead atoms. The van der Waals surface area contributed by atoms with Gasteiger partial charge < -0.3 is 11.1 Å². The molecule has 0 spiro atoms. The van der Waals surface area contributed by atoms with Crippen molar-refractivity contribution in [2.24, 2.45) is 5.73 Å². The van der Waals surface area contributed by atoms with Crippen molar-refractivity contribution in [1.29, 1.82) is 0 Å². The fourth-order valence-electron chi connectivity index (χ4n) is 1.20. The van der Waals surface area contributed by atoms with Gasteiger partial charge in [-0.25, -0.2) is 0 Å². The number of halogens is 1. The zero-order valence-corrected chi connectivity index (χ0v) is 8.71. The Balaban J connectivity index is 2.67. The first kappa shape index (κ1) is 11.0. The Morgan fingerprint density at radius 3 is 2.50 bits per heavy atom. The maximum Gasteiger partial charge on any atom is 0.234 e. The van der Waals surface area contributed by atoms with Crippen LogP contribution in [0.3, 0.4) is 0 Å². The maximum atomic E-state index is 10.9. The summed E-state index contributed by atoms with van der Waals surface area (Å²) in [6.45, 7) is 0. The number of nitrogens with two attached hydrogens (primary N) is 1. The van der Waals surface area contributed by atoms with Crippen molar-refractivity contribution < 1.29 is 4.79 Å². The van der Waals surface area contributed by atoms with Gasteiger partial charge in [0, 0.05) is 5.02 Å². The highest BCUT2D eigenvalue weighted by Crippen LogP contribution is 2.10. The average Bonchev–Trinajstić information content (AvgIpc) is 2.16. The van der Waals surface area contributed by atoms with E-state index in [0.29, 0.717) is 11.4 Å². The number of carbonyl (C=O) groups excluding carboxylic acids is 1. The highest BCUT2D eigenvalue weighted by molar-refractivity contribution is 6.30. The van der Waals surface area contributed by atoms with Gasteiger partial charge in [-0.05, 0) is 31.2 Å². The van der Waals surface area contributed by atoms with Gasteiger partial charge in [0.15, 0.2) is 0 Å². The maximum absolute atomic E-state index is 10.9. The molecule has 3 N–H and O–H groups in total. The van der Waals surface area contributed by atoms with Crippen LogP contribution in [0.25, 0.3) is 0 Å². The van der Waals surface area contributed by atoms with Gasteiger partial charge >= 0.3 is 0 Å². The van der Waals surface area contributed by atoms with E-state index in [1.807, 2.05) is 12.1 Å². The number of benzene rings is 1. The van der Waals surface area contributed by atoms with E-state index in [2.05, 4.69) is 5.32 Å².